The van der Waals surface area contributed by atoms with Crippen LogP contribution in [0, 0.1) is 0 Å². The molecule has 138 valence electrons. The van der Waals surface area contributed by atoms with Gasteiger partial charge in [-0.1, -0.05) is 0 Å². The van der Waals surface area contributed by atoms with E-state index in [1.165, 1.54) is 6.42 Å². The van der Waals surface area contributed by atoms with Crippen LogP contribution < -0.4 is 5.32 Å². The zero-order chi connectivity index (χ0) is 17.6. The minimum Gasteiger partial charge on any atom is -0.379 e. The smallest absolute Gasteiger partial charge is 0.257 e. The molecular formula is C19H30N4O2. The first-order valence-electron chi connectivity index (χ1n) is 9.48. The second kappa shape index (κ2) is 8.63. The van der Waals surface area contributed by atoms with Crippen LogP contribution in [0.25, 0.3) is 0 Å². The highest BCUT2D eigenvalue weighted by Crippen LogP contribution is 2.19. The first-order valence-corrected chi connectivity index (χ1v) is 9.48. The van der Waals surface area contributed by atoms with Crippen molar-refractivity contribution in [2.75, 3.05) is 44.7 Å². The summed E-state index contributed by atoms with van der Waals surface area (Å²) in [5.41, 5.74) is 0.687. The standard InChI is InChI=1S/C19H30N4O2/c1-15(23-11-12-25-14-16(23)2)13-21-18-17(7-6-8-20-18)19(24)22-9-4-3-5-10-22/h6-8,15-16H,3-5,9-14H2,1-2H3,(H,20,21). The fourth-order valence-corrected chi connectivity index (χ4v) is 3.74. The molecule has 2 saturated heterocycles. The van der Waals surface area contributed by atoms with E-state index in [9.17, 15) is 4.79 Å². The molecule has 0 saturated carbocycles. The zero-order valence-electron chi connectivity index (χ0n) is 15.4. The topological polar surface area (TPSA) is 57.7 Å². The van der Waals surface area contributed by atoms with Crippen molar-refractivity contribution >= 4 is 11.7 Å². The van der Waals surface area contributed by atoms with Gasteiger partial charge in [-0.3, -0.25) is 9.69 Å². The Bertz CT molecular complexity index is 574. The third-order valence-electron chi connectivity index (χ3n) is 5.23. The number of pyridine rings is 1. The van der Waals surface area contributed by atoms with Gasteiger partial charge in [-0.25, -0.2) is 4.98 Å². The molecule has 0 radical (unpaired) electrons. The van der Waals surface area contributed by atoms with E-state index in [2.05, 4.69) is 29.0 Å². The molecule has 3 rings (SSSR count). The lowest BCUT2D eigenvalue weighted by molar-refractivity contribution is -0.0159. The number of carbonyl (C=O) groups is 1. The molecule has 1 aromatic heterocycles. The number of nitrogens with one attached hydrogen (secondary N) is 1. The van der Waals surface area contributed by atoms with Gasteiger partial charge < -0.3 is 15.0 Å². The maximum Gasteiger partial charge on any atom is 0.257 e. The van der Waals surface area contributed by atoms with Crippen molar-refractivity contribution in [3.8, 4) is 0 Å². The number of hydrogen-bond acceptors (Lipinski definition) is 5. The number of piperidine rings is 1. The monoisotopic (exact) mass is 346 g/mol. The number of hydrogen-bond donors (Lipinski definition) is 1. The van der Waals surface area contributed by atoms with Crippen molar-refractivity contribution in [2.45, 2.75) is 45.2 Å². The number of anilines is 1. The van der Waals surface area contributed by atoms with Crippen molar-refractivity contribution in [3.05, 3.63) is 23.9 Å². The highest BCUT2D eigenvalue weighted by atomic mass is 16.5. The normalized spacial score (nSPS) is 23.3. The fourth-order valence-electron chi connectivity index (χ4n) is 3.74. The van der Waals surface area contributed by atoms with E-state index < -0.39 is 0 Å². The Morgan fingerprint density at radius 2 is 2.16 bits per heavy atom. The molecule has 2 fully saturated rings. The van der Waals surface area contributed by atoms with Crippen LogP contribution in [0.2, 0.25) is 0 Å². The summed E-state index contributed by atoms with van der Waals surface area (Å²) in [4.78, 5) is 21.7. The highest BCUT2D eigenvalue weighted by molar-refractivity contribution is 5.98. The van der Waals surface area contributed by atoms with Crippen molar-refractivity contribution in [2.24, 2.45) is 0 Å². The summed E-state index contributed by atoms with van der Waals surface area (Å²) in [5, 5.41) is 3.41. The Hall–Kier alpha value is -1.66. The van der Waals surface area contributed by atoms with Crippen LogP contribution in [0.1, 0.15) is 43.5 Å². The van der Waals surface area contributed by atoms with Gasteiger partial charge in [0.05, 0.1) is 18.8 Å². The lowest BCUT2D eigenvalue weighted by atomic mass is 10.1. The molecule has 1 N–H and O–H groups in total. The Morgan fingerprint density at radius 1 is 1.36 bits per heavy atom. The molecule has 25 heavy (non-hydrogen) atoms. The summed E-state index contributed by atoms with van der Waals surface area (Å²) in [5.74, 6) is 0.800. The third-order valence-corrected chi connectivity index (χ3v) is 5.23. The number of nitrogens with zero attached hydrogens (tertiary/aromatic N) is 3. The number of morpholine rings is 1. The summed E-state index contributed by atoms with van der Waals surface area (Å²) >= 11 is 0. The van der Waals surface area contributed by atoms with Crippen molar-refractivity contribution in [1.29, 1.82) is 0 Å². The molecule has 3 heterocycles. The molecule has 0 bridgehead atoms. The summed E-state index contributed by atoms with van der Waals surface area (Å²) in [6, 6.07) is 4.51. The third kappa shape index (κ3) is 4.50. The maximum absolute atomic E-state index is 12.8. The number of amides is 1. The van der Waals surface area contributed by atoms with E-state index in [0.29, 0.717) is 23.5 Å². The molecule has 2 unspecified atom stereocenters. The molecule has 2 atom stereocenters. The van der Waals surface area contributed by atoms with Gasteiger partial charge in [0, 0.05) is 44.5 Å². The molecule has 0 aliphatic carbocycles. The van der Waals surface area contributed by atoms with E-state index in [1.807, 2.05) is 17.0 Å². The van der Waals surface area contributed by atoms with E-state index in [0.717, 1.165) is 52.2 Å². The van der Waals surface area contributed by atoms with Crippen LogP contribution in [0.5, 0.6) is 0 Å². The molecule has 0 aromatic carbocycles. The Morgan fingerprint density at radius 3 is 2.92 bits per heavy atom. The molecule has 6 nitrogen and oxygen atoms in total. The Kier molecular flexibility index (Phi) is 6.26. The van der Waals surface area contributed by atoms with E-state index in [1.54, 1.807) is 6.20 Å². The van der Waals surface area contributed by atoms with Gasteiger partial charge in [0.2, 0.25) is 0 Å². The summed E-state index contributed by atoms with van der Waals surface area (Å²) in [6.45, 7) is 9.41. The van der Waals surface area contributed by atoms with Crippen LogP contribution in [-0.4, -0.2) is 72.2 Å². The molecule has 6 heteroatoms. The molecular weight excluding hydrogens is 316 g/mol. The van der Waals surface area contributed by atoms with Gasteiger partial charge in [0.15, 0.2) is 0 Å². The van der Waals surface area contributed by atoms with Gasteiger partial charge in [-0.05, 0) is 45.2 Å². The summed E-state index contributed by atoms with van der Waals surface area (Å²) in [6.07, 6.45) is 5.16. The molecule has 1 aromatic rings. The quantitative estimate of drug-likeness (QED) is 0.886. The Labute approximate surface area is 150 Å². The van der Waals surface area contributed by atoms with Crippen molar-refractivity contribution in [3.63, 3.8) is 0 Å². The maximum atomic E-state index is 12.8. The predicted molar refractivity (Wildman–Crippen MR) is 98.9 cm³/mol. The van der Waals surface area contributed by atoms with Gasteiger partial charge in [0.1, 0.15) is 5.82 Å². The lowest BCUT2D eigenvalue weighted by Gasteiger charge is -2.38. The van der Waals surface area contributed by atoms with E-state index in [4.69, 9.17) is 4.74 Å². The van der Waals surface area contributed by atoms with Crippen LogP contribution in [0.4, 0.5) is 5.82 Å². The average Bonchev–Trinajstić information content (AvgIpc) is 2.67. The van der Waals surface area contributed by atoms with Crippen LogP contribution in [0.15, 0.2) is 18.3 Å². The first-order chi connectivity index (χ1) is 12.2. The van der Waals surface area contributed by atoms with Crippen molar-refractivity contribution in [1.82, 2.24) is 14.8 Å². The number of aromatic nitrogens is 1. The second-order valence-corrected chi connectivity index (χ2v) is 7.14. The molecule has 1 amide bonds. The second-order valence-electron chi connectivity index (χ2n) is 7.14. The van der Waals surface area contributed by atoms with E-state index in [-0.39, 0.29) is 5.91 Å². The number of rotatable bonds is 5. The number of likely N-dealkylation sites (tertiary alicyclic amines) is 1. The van der Waals surface area contributed by atoms with Crippen LogP contribution in [0.3, 0.4) is 0 Å². The zero-order valence-corrected chi connectivity index (χ0v) is 15.4. The molecule has 2 aliphatic heterocycles. The molecule has 0 spiro atoms. The lowest BCUT2D eigenvalue weighted by Crippen LogP contribution is -2.50. The predicted octanol–water partition coefficient (Wildman–Crippen LogP) is 2.23. The average molecular weight is 346 g/mol. The van der Waals surface area contributed by atoms with Crippen LogP contribution >= 0.6 is 0 Å². The van der Waals surface area contributed by atoms with Crippen LogP contribution in [-0.2, 0) is 4.74 Å². The largest absolute Gasteiger partial charge is 0.379 e. The Balaban J connectivity index is 1.63. The molecule has 2 aliphatic rings. The summed E-state index contributed by atoms with van der Waals surface area (Å²) < 4.78 is 5.52. The van der Waals surface area contributed by atoms with Gasteiger partial charge >= 0.3 is 0 Å². The van der Waals surface area contributed by atoms with Gasteiger partial charge in [-0.2, -0.15) is 0 Å². The first kappa shape index (κ1) is 18.1. The van der Waals surface area contributed by atoms with Crippen molar-refractivity contribution < 1.29 is 9.53 Å². The van der Waals surface area contributed by atoms with Gasteiger partial charge in [-0.15, -0.1) is 0 Å². The number of ether oxygens (including phenoxy) is 1. The van der Waals surface area contributed by atoms with E-state index >= 15 is 0 Å². The SMILES string of the molecule is CC(CNc1ncccc1C(=O)N1CCCCC1)N1CCOCC1C. The summed E-state index contributed by atoms with van der Waals surface area (Å²) in [7, 11) is 0. The fraction of sp³-hybridized carbons (Fsp3) is 0.684. The minimum absolute atomic E-state index is 0.0997. The van der Waals surface area contributed by atoms with Gasteiger partial charge in [0.25, 0.3) is 5.91 Å². The number of carbonyl (C=O) groups excluding carboxylic acids is 1. The highest BCUT2D eigenvalue weighted by Gasteiger charge is 2.25. The minimum atomic E-state index is 0.0997.